The van der Waals surface area contributed by atoms with Crippen molar-refractivity contribution in [1.82, 2.24) is 4.90 Å². The molecule has 2 bridgehead atoms. The molecule has 2 unspecified atom stereocenters. The number of fused-ring (bicyclic) bond motifs is 4. The van der Waals surface area contributed by atoms with Gasteiger partial charge in [0, 0.05) is 59.6 Å². The fraction of sp³-hybridized carbons (Fsp3) is 0.475. The van der Waals surface area contributed by atoms with Crippen LogP contribution in [0.5, 0.6) is 0 Å². The number of likely N-dealkylation sites (N-methyl/N-ethyl adjacent to an activating group) is 1. The Kier molecular flexibility index (Phi) is 8.58. The minimum atomic E-state index is -0.0548. The molecule has 2 aromatic rings. The maximum Gasteiger partial charge on any atom is 0.209 e. The summed E-state index contributed by atoms with van der Waals surface area (Å²) in [5.74, 6) is 0. The van der Waals surface area contributed by atoms with E-state index in [1.54, 1.807) is 0 Å². The van der Waals surface area contributed by atoms with E-state index in [9.17, 15) is 0 Å². The number of hydrogen-bond donors (Lipinski definition) is 0. The van der Waals surface area contributed by atoms with Gasteiger partial charge in [0.15, 0.2) is 5.71 Å². The van der Waals surface area contributed by atoms with Gasteiger partial charge in [-0.1, -0.05) is 94.6 Å². The molecule has 0 aromatic heterocycles. The molecule has 4 aliphatic heterocycles. The van der Waals surface area contributed by atoms with Crippen LogP contribution in [0.15, 0.2) is 94.7 Å². The van der Waals surface area contributed by atoms with Crippen LogP contribution in [0, 0.1) is 0 Å². The van der Waals surface area contributed by atoms with Crippen molar-refractivity contribution in [2.45, 2.75) is 103 Å². The highest BCUT2D eigenvalue weighted by Crippen LogP contribution is 2.49. The molecule has 44 heavy (non-hydrogen) atoms. The molecule has 1 fully saturated rings. The first kappa shape index (κ1) is 31.1. The minimum Gasteiger partial charge on any atom is -0.344 e. The Bertz CT molecular complexity index is 1580. The summed E-state index contributed by atoms with van der Waals surface area (Å²) in [6.07, 6.45) is 16.5. The van der Waals surface area contributed by atoms with E-state index in [1.807, 2.05) is 0 Å². The molecule has 0 saturated carbocycles. The Hall–Kier alpha value is -2.88. The third-order valence-electron chi connectivity index (χ3n) is 10.8. The molecule has 0 radical (unpaired) electrons. The van der Waals surface area contributed by atoms with Crippen LogP contribution in [0.3, 0.4) is 0 Å². The average Bonchev–Trinajstić information content (AvgIpc) is 3.52. The van der Waals surface area contributed by atoms with Crippen molar-refractivity contribution >= 4 is 28.7 Å². The molecular formula is C40H51ClN3+. The lowest BCUT2D eigenvalue weighted by molar-refractivity contribution is -0.438. The highest BCUT2D eigenvalue weighted by atomic mass is 35.5. The Morgan fingerprint density at radius 1 is 0.841 bits per heavy atom. The third kappa shape index (κ3) is 5.05. The number of unbranched alkanes of at least 4 members (excludes halogenated alkanes) is 2. The predicted molar refractivity (Wildman–Crippen MR) is 189 cm³/mol. The van der Waals surface area contributed by atoms with Gasteiger partial charge in [0.05, 0.1) is 10.4 Å². The van der Waals surface area contributed by atoms with Gasteiger partial charge in [-0.2, -0.15) is 4.58 Å². The zero-order valence-electron chi connectivity index (χ0n) is 28.0. The lowest BCUT2D eigenvalue weighted by Crippen LogP contribution is -2.38. The Balaban J connectivity index is 1.41. The quantitative estimate of drug-likeness (QED) is 0.262. The van der Waals surface area contributed by atoms with Crippen LogP contribution in [0.25, 0.3) is 0 Å². The van der Waals surface area contributed by atoms with E-state index < -0.39 is 0 Å². The standard InChI is InChI=1S/C40H51ClN3/c1-8-10-26-43-34-18-14-12-16-30(34)39(3,4)36(43)24-20-28-32-22-23-33(42(32)7)29(38(28)41)21-25-37-40(5,6)31-17-13-15-19-35(31)44(37)27-11-9-2/h12-21,24-25,32-33H,8-11,22-23,26-27H2,1-7H3/q+1. The molecule has 4 aliphatic rings. The van der Waals surface area contributed by atoms with Gasteiger partial charge >= 0.3 is 0 Å². The van der Waals surface area contributed by atoms with Gasteiger partial charge in [0.25, 0.3) is 0 Å². The highest BCUT2D eigenvalue weighted by Gasteiger charge is 2.45. The van der Waals surface area contributed by atoms with Gasteiger partial charge in [-0.25, -0.2) is 0 Å². The smallest absolute Gasteiger partial charge is 0.209 e. The van der Waals surface area contributed by atoms with Crippen LogP contribution in [0.1, 0.15) is 91.2 Å². The summed E-state index contributed by atoms with van der Waals surface area (Å²) in [6.45, 7) is 16.1. The summed E-state index contributed by atoms with van der Waals surface area (Å²) < 4.78 is 2.56. The molecule has 0 spiro atoms. The molecule has 1 saturated heterocycles. The zero-order valence-corrected chi connectivity index (χ0v) is 28.7. The van der Waals surface area contributed by atoms with Gasteiger partial charge in [-0.3, -0.25) is 4.90 Å². The van der Waals surface area contributed by atoms with Crippen LogP contribution in [-0.2, 0) is 10.8 Å². The molecule has 0 amide bonds. The van der Waals surface area contributed by atoms with Crippen molar-refractivity contribution in [1.29, 1.82) is 0 Å². The van der Waals surface area contributed by atoms with E-state index in [2.05, 4.69) is 136 Å². The molecule has 0 aliphatic carbocycles. The Morgan fingerprint density at radius 3 is 2.27 bits per heavy atom. The van der Waals surface area contributed by atoms with E-state index in [1.165, 1.54) is 70.7 Å². The topological polar surface area (TPSA) is 9.49 Å². The normalized spacial score (nSPS) is 25.7. The van der Waals surface area contributed by atoms with Gasteiger partial charge in [0.2, 0.25) is 5.69 Å². The molecule has 6 rings (SSSR count). The number of allylic oxidation sites excluding steroid dienone is 4. The van der Waals surface area contributed by atoms with E-state index in [0.29, 0.717) is 12.1 Å². The molecule has 4 heteroatoms. The second-order valence-corrected chi connectivity index (χ2v) is 14.6. The number of halogens is 1. The lowest BCUT2D eigenvalue weighted by Gasteiger charge is -2.34. The highest BCUT2D eigenvalue weighted by molar-refractivity contribution is 6.33. The number of benzene rings is 2. The minimum absolute atomic E-state index is 0.0548. The van der Waals surface area contributed by atoms with Crippen LogP contribution in [0.2, 0.25) is 0 Å². The van der Waals surface area contributed by atoms with Gasteiger partial charge in [0.1, 0.15) is 6.54 Å². The number of rotatable bonds is 9. The van der Waals surface area contributed by atoms with Crippen molar-refractivity contribution < 1.29 is 4.58 Å². The first-order valence-electron chi connectivity index (χ1n) is 17.0. The molecule has 0 N–H and O–H groups in total. The van der Waals surface area contributed by atoms with Crippen molar-refractivity contribution in [3.05, 3.63) is 106 Å². The van der Waals surface area contributed by atoms with E-state index >= 15 is 0 Å². The number of anilines is 1. The summed E-state index contributed by atoms with van der Waals surface area (Å²) >= 11 is 7.44. The van der Waals surface area contributed by atoms with E-state index in [4.69, 9.17) is 11.6 Å². The predicted octanol–water partition coefficient (Wildman–Crippen LogP) is 9.80. The van der Waals surface area contributed by atoms with Crippen LogP contribution in [0.4, 0.5) is 11.4 Å². The Labute approximate surface area is 271 Å². The van der Waals surface area contributed by atoms with Gasteiger partial charge in [-0.15, -0.1) is 0 Å². The van der Waals surface area contributed by atoms with Gasteiger partial charge < -0.3 is 4.90 Å². The zero-order chi connectivity index (χ0) is 31.2. The van der Waals surface area contributed by atoms with Crippen LogP contribution >= 0.6 is 11.6 Å². The SMILES string of the molecule is CCCCN1C(=CC=C2C(Cl)=C(C=CC3=[N+](CCCC)c4ccccc4C3(C)C)C3CCC2N3C)C(C)(C)c2ccccc21. The van der Waals surface area contributed by atoms with E-state index in [-0.39, 0.29) is 10.8 Å². The molecule has 4 heterocycles. The third-order valence-corrected chi connectivity index (χ3v) is 11.3. The molecule has 3 nitrogen and oxygen atoms in total. The summed E-state index contributed by atoms with van der Waals surface area (Å²) in [4.78, 5) is 5.12. The van der Waals surface area contributed by atoms with Crippen LogP contribution < -0.4 is 4.90 Å². The second-order valence-electron chi connectivity index (χ2n) is 14.2. The summed E-state index contributed by atoms with van der Waals surface area (Å²) in [7, 11) is 2.29. The number of nitrogens with zero attached hydrogens (tertiary/aromatic N) is 3. The van der Waals surface area contributed by atoms with Crippen molar-refractivity contribution in [2.75, 3.05) is 25.0 Å². The Morgan fingerprint density at radius 2 is 1.52 bits per heavy atom. The number of hydrogen-bond acceptors (Lipinski definition) is 2. The first-order valence-corrected chi connectivity index (χ1v) is 17.3. The fourth-order valence-electron chi connectivity index (χ4n) is 8.25. The van der Waals surface area contributed by atoms with Crippen molar-refractivity contribution in [3.8, 4) is 0 Å². The molecule has 232 valence electrons. The van der Waals surface area contributed by atoms with Crippen molar-refractivity contribution in [3.63, 3.8) is 0 Å². The average molecular weight is 609 g/mol. The number of para-hydroxylation sites is 2. The van der Waals surface area contributed by atoms with Gasteiger partial charge in [-0.05, 0) is 75.1 Å². The molecule has 2 atom stereocenters. The molecular weight excluding hydrogens is 558 g/mol. The summed E-state index contributed by atoms with van der Waals surface area (Å²) in [6, 6.07) is 18.6. The summed E-state index contributed by atoms with van der Waals surface area (Å²) in [5, 5.41) is 0.950. The second kappa shape index (κ2) is 12.1. The largest absolute Gasteiger partial charge is 0.344 e. The van der Waals surface area contributed by atoms with Crippen LogP contribution in [-0.4, -0.2) is 47.4 Å². The maximum absolute atomic E-state index is 7.44. The fourth-order valence-corrected chi connectivity index (χ4v) is 8.63. The lowest BCUT2D eigenvalue weighted by atomic mass is 9.81. The summed E-state index contributed by atoms with van der Waals surface area (Å²) in [5.41, 5.74) is 10.7. The maximum atomic E-state index is 7.44. The first-order chi connectivity index (χ1) is 21.1. The van der Waals surface area contributed by atoms with E-state index in [0.717, 1.165) is 31.0 Å². The molecule has 2 aromatic carbocycles. The monoisotopic (exact) mass is 608 g/mol. The van der Waals surface area contributed by atoms with Crippen molar-refractivity contribution in [2.24, 2.45) is 0 Å².